The molecule has 3 aromatic rings. The first-order chi connectivity index (χ1) is 12.8. The molecule has 0 unspecified atom stereocenters. The van der Waals surface area contributed by atoms with Gasteiger partial charge in [-0.2, -0.15) is 0 Å². The Kier molecular flexibility index (Phi) is 5.27. The van der Waals surface area contributed by atoms with Gasteiger partial charge in [0, 0.05) is 10.7 Å². The molecule has 0 aliphatic heterocycles. The fourth-order valence-corrected chi connectivity index (χ4v) is 2.32. The predicted octanol–water partition coefficient (Wildman–Crippen LogP) is 4.85. The highest BCUT2D eigenvalue weighted by Crippen LogP contribution is 2.23. The van der Waals surface area contributed by atoms with Crippen molar-refractivity contribution in [2.75, 3.05) is 10.6 Å². The van der Waals surface area contributed by atoms with Crippen molar-refractivity contribution in [2.24, 2.45) is 0 Å². The average Bonchev–Trinajstić information content (AvgIpc) is 2.66. The zero-order valence-electron chi connectivity index (χ0n) is 13.9. The summed E-state index contributed by atoms with van der Waals surface area (Å²) in [5, 5.41) is 5.59. The number of rotatable bonds is 4. The lowest BCUT2D eigenvalue weighted by Crippen LogP contribution is -2.14. The minimum Gasteiger partial charge on any atom is -0.336 e. The van der Waals surface area contributed by atoms with Gasteiger partial charge in [0.05, 0.1) is 18.1 Å². The van der Waals surface area contributed by atoms with Crippen molar-refractivity contribution < 1.29 is 18.0 Å². The normalized spacial score (nSPS) is 10.6. The van der Waals surface area contributed by atoms with Gasteiger partial charge in [0.25, 0.3) is 5.91 Å². The van der Waals surface area contributed by atoms with E-state index in [1.165, 1.54) is 0 Å². The number of halogens is 4. The van der Waals surface area contributed by atoms with E-state index in [-0.39, 0.29) is 17.2 Å². The van der Waals surface area contributed by atoms with Gasteiger partial charge in [-0.3, -0.25) is 4.79 Å². The second-order valence-electron chi connectivity index (χ2n) is 5.55. The number of aryl methyl sites for hydroxylation is 1. The lowest BCUT2D eigenvalue weighted by molar-refractivity contribution is 0.102. The monoisotopic (exact) mass is 392 g/mol. The number of nitrogens with zero attached hydrogens (tertiary/aromatic N) is 2. The molecule has 0 saturated heterocycles. The Balaban J connectivity index is 1.72. The maximum absolute atomic E-state index is 13.7. The molecule has 27 heavy (non-hydrogen) atoms. The lowest BCUT2D eigenvalue weighted by atomic mass is 10.2. The van der Waals surface area contributed by atoms with Crippen molar-refractivity contribution in [2.45, 2.75) is 6.92 Å². The number of hydrogen-bond donors (Lipinski definition) is 2. The van der Waals surface area contributed by atoms with Crippen LogP contribution in [0, 0.1) is 24.4 Å². The molecular formula is C18H12ClF3N4O. The topological polar surface area (TPSA) is 66.9 Å². The van der Waals surface area contributed by atoms with E-state index >= 15 is 0 Å². The van der Waals surface area contributed by atoms with E-state index in [0.717, 1.165) is 30.1 Å². The third-order valence-electron chi connectivity index (χ3n) is 3.61. The SMILES string of the molecule is Cc1ccc(NC(=O)c2cnc(Nc3ccc(F)c(F)c3F)cn2)cc1Cl. The first-order valence-corrected chi connectivity index (χ1v) is 8.03. The molecule has 0 spiro atoms. The number of carbonyl (C=O) groups excluding carboxylic acids is 1. The number of anilines is 3. The van der Waals surface area contributed by atoms with E-state index in [1.807, 2.05) is 6.92 Å². The number of nitrogens with one attached hydrogen (secondary N) is 2. The van der Waals surface area contributed by atoms with Gasteiger partial charge in [-0.15, -0.1) is 0 Å². The number of benzene rings is 2. The Morgan fingerprint density at radius 2 is 1.81 bits per heavy atom. The minimum absolute atomic E-state index is 0.00278. The van der Waals surface area contributed by atoms with Crippen LogP contribution < -0.4 is 10.6 Å². The number of aromatic nitrogens is 2. The summed E-state index contributed by atoms with van der Waals surface area (Å²) >= 11 is 6.01. The van der Waals surface area contributed by atoms with Crippen LogP contribution in [0.1, 0.15) is 16.1 Å². The molecule has 1 aromatic heterocycles. The summed E-state index contributed by atoms with van der Waals surface area (Å²) in [6, 6.07) is 6.85. The molecule has 5 nitrogen and oxygen atoms in total. The first kappa shape index (κ1) is 18.7. The summed E-state index contributed by atoms with van der Waals surface area (Å²) in [6.45, 7) is 1.83. The van der Waals surface area contributed by atoms with Crippen LogP contribution in [0.25, 0.3) is 0 Å². The lowest BCUT2D eigenvalue weighted by Gasteiger charge is -2.09. The van der Waals surface area contributed by atoms with Gasteiger partial charge in [0.2, 0.25) is 0 Å². The van der Waals surface area contributed by atoms with Crippen molar-refractivity contribution in [3.63, 3.8) is 0 Å². The molecule has 2 aromatic carbocycles. The van der Waals surface area contributed by atoms with Crippen LogP contribution in [-0.2, 0) is 0 Å². The number of hydrogen-bond acceptors (Lipinski definition) is 4. The van der Waals surface area contributed by atoms with Crippen molar-refractivity contribution in [3.05, 3.63) is 76.5 Å². The van der Waals surface area contributed by atoms with Crippen molar-refractivity contribution in [1.82, 2.24) is 9.97 Å². The molecule has 138 valence electrons. The van der Waals surface area contributed by atoms with Crippen LogP contribution in [0.3, 0.4) is 0 Å². The maximum Gasteiger partial charge on any atom is 0.275 e. The van der Waals surface area contributed by atoms with Crippen LogP contribution in [0.5, 0.6) is 0 Å². The summed E-state index contributed by atoms with van der Waals surface area (Å²) in [5.41, 5.74) is 1.05. The van der Waals surface area contributed by atoms with Crippen LogP contribution in [0.4, 0.5) is 30.4 Å². The zero-order valence-corrected chi connectivity index (χ0v) is 14.6. The predicted molar refractivity (Wildman–Crippen MR) is 95.8 cm³/mol. The molecule has 2 N–H and O–H groups in total. The van der Waals surface area contributed by atoms with Gasteiger partial charge in [-0.05, 0) is 36.8 Å². The molecule has 1 amide bonds. The van der Waals surface area contributed by atoms with E-state index in [9.17, 15) is 18.0 Å². The van der Waals surface area contributed by atoms with E-state index in [2.05, 4.69) is 20.6 Å². The third kappa shape index (κ3) is 4.17. The van der Waals surface area contributed by atoms with Crippen LogP contribution >= 0.6 is 11.6 Å². The molecule has 0 aliphatic carbocycles. The fourth-order valence-electron chi connectivity index (χ4n) is 2.14. The Morgan fingerprint density at radius 3 is 2.48 bits per heavy atom. The van der Waals surface area contributed by atoms with Gasteiger partial charge in [0.1, 0.15) is 11.5 Å². The highest BCUT2D eigenvalue weighted by Gasteiger charge is 2.14. The molecule has 0 fully saturated rings. The Hall–Kier alpha value is -3.13. The Bertz CT molecular complexity index is 1010. The molecule has 1 heterocycles. The van der Waals surface area contributed by atoms with E-state index in [1.54, 1.807) is 18.2 Å². The van der Waals surface area contributed by atoms with Crippen LogP contribution in [0.15, 0.2) is 42.7 Å². The smallest absolute Gasteiger partial charge is 0.275 e. The van der Waals surface area contributed by atoms with Gasteiger partial charge in [-0.25, -0.2) is 23.1 Å². The molecule has 0 atom stereocenters. The molecular weight excluding hydrogens is 381 g/mol. The highest BCUT2D eigenvalue weighted by atomic mass is 35.5. The van der Waals surface area contributed by atoms with E-state index in [4.69, 9.17) is 11.6 Å². The number of amides is 1. The summed E-state index contributed by atoms with van der Waals surface area (Å²) in [5.74, 6) is -4.74. The fraction of sp³-hybridized carbons (Fsp3) is 0.0556. The Morgan fingerprint density at radius 1 is 1.04 bits per heavy atom. The van der Waals surface area contributed by atoms with Crippen molar-refractivity contribution >= 4 is 34.7 Å². The molecule has 0 bridgehead atoms. The van der Waals surface area contributed by atoms with Gasteiger partial charge in [-0.1, -0.05) is 17.7 Å². The largest absolute Gasteiger partial charge is 0.336 e. The molecule has 3 rings (SSSR count). The highest BCUT2D eigenvalue weighted by molar-refractivity contribution is 6.31. The quantitative estimate of drug-likeness (QED) is 0.623. The van der Waals surface area contributed by atoms with Gasteiger partial charge in [0.15, 0.2) is 17.5 Å². The Labute approximate surface area is 157 Å². The van der Waals surface area contributed by atoms with E-state index in [0.29, 0.717) is 10.7 Å². The molecule has 0 aliphatic rings. The molecule has 9 heteroatoms. The van der Waals surface area contributed by atoms with Crippen LogP contribution in [0.2, 0.25) is 5.02 Å². The standard InChI is InChI=1S/C18H12ClF3N4O/c1-9-2-3-10(6-11(9)19)25-18(27)14-7-24-15(8-23-14)26-13-5-4-12(20)16(21)17(13)22/h2-8H,1H3,(H,24,26)(H,25,27). The number of carbonyl (C=O) groups is 1. The second-order valence-corrected chi connectivity index (χ2v) is 5.96. The van der Waals surface area contributed by atoms with Crippen LogP contribution in [-0.4, -0.2) is 15.9 Å². The second kappa shape index (κ2) is 7.63. The zero-order chi connectivity index (χ0) is 19.6. The molecule has 0 radical (unpaired) electrons. The summed E-state index contributed by atoms with van der Waals surface area (Å²) in [7, 11) is 0. The van der Waals surface area contributed by atoms with E-state index < -0.39 is 23.4 Å². The van der Waals surface area contributed by atoms with Crippen molar-refractivity contribution in [1.29, 1.82) is 0 Å². The average molecular weight is 393 g/mol. The maximum atomic E-state index is 13.7. The third-order valence-corrected chi connectivity index (χ3v) is 4.02. The summed E-state index contributed by atoms with van der Waals surface area (Å²) < 4.78 is 39.8. The summed E-state index contributed by atoms with van der Waals surface area (Å²) in [4.78, 5) is 20.0. The summed E-state index contributed by atoms with van der Waals surface area (Å²) in [6.07, 6.45) is 2.32. The molecule has 0 saturated carbocycles. The first-order valence-electron chi connectivity index (χ1n) is 7.65. The van der Waals surface area contributed by atoms with Crippen molar-refractivity contribution in [3.8, 4) is 0 Å². The van der Waals surface area contributed by atoms with Gasteiger partial charge < -0.3 is 10.6 Å². The minimum atomic E-state index is -1.60. The van der Waals surface area contributed by atoms with Gasteiger partial charge >= 0.3 is 0 Å².